The van der Waals surface area contributed by atoms with Gasteiger partial charge in [0, 0.05) is 25.9 Å². The van der Waals surface area contributed by atoms with E-state index < -0.39 is 12.1 Å². The predicted octanol–water partition coefficient (Wildman–Crippen LogP) is 0.638. The number of carbonyl (C=O) groups is 3. The Morgan fingerprint density at radius 3 is 1.32 bits per heavy atom. The minimum Gasteiger partial charge on any atom is -0.481 e. The third-order valence-electron chi connectivity index (χ3n) is 5.01. The minimum absolute atomic E-state index is 0.0898. The molecule has 0 unspecified atom stereocenters. The van der Waals surface area contributed by atoms with Crippen LogP contribution in [0.2, 0.25) is 0 Å². The van der Waals surface area contributed by atoms with Crippen LogP contribution in [0.15, 0.2) is 9.98 Å². The first-order chi connectivity index (χ1) is 16.2. The highest BCUT2D eigenvalue weighted by Gasteiger charge is 2.18. The van der Waals surface area contributed by atoms with Crippen LogP contribution < -0.4 is 33.6 Å². The van der Waals surface area contributed by atoms with Crippen LogP contribution in [0.4, 0.5) is 0 Å². The van der Waals surface area contributed by atoms with Crippen molar-refractivity contribution in [3.8, 4) is 0 Å². The lowest BCUT2D eigenvalue weighted by Gasteiger charge is -2.18. The molecule has 0 saturated carbocycles. The molecule has 34 heavy (non-hydrogen) atoms. The quantitative estimate of drug-likeness (QED) is 0.0528. The van der Waals surface area contributed by atoms with Gasteiger partial charge in [0.25, 0.3) is 0 Å². The fourth-order valence-electron chi connectivity index (χ4n) is 3.29. The molecule has 0 aliphatic rings. The summed E-state index contributed by atoms with van der Waals surface area (Å²) in [6.45, 7) is 1.22. The average molecular weight is 485 g/mol. The van der Waals surface area contributed by atoms with E-state index >= 15 is 0 Å². The molecule has 0 spiro atoms. The molecule has 1 atom stereocenters. The number of aliphatic imine (C=N–C) groups is 2. The van der Waals surface area contributed by atoms with Gasteiger partial charge in [-0.1, -0.05) is 44.9 Å². The van der Waals surface area contributed by atoms with Gasteiger partial charge in [-0.25, -0.2) is 0 Å². The summed E-state index contributed by atoms with van der Waals surface area (Å²) in [5.74, 6) is -1.43. The highest BCUT2D eigenvalue weighted by atomic mass is 16.4. The second-order valence-corrected chi connectivity index (χ2v) is 8.29. The van der Waals surface area contributed by atoms with Gasteiger partial charge in [-0.05, 0) is 25.7 Å². The van der Waals surface area contributed by atoms with Crippen molar-refractivity contribution in [2.75, 3.05) is 13.1 Å². The zero-order valence-corrected chi connectivity index (χ0v) is 20.3. The normalized spacial score (nSPS) is 11.3. The fourth-order valence-corrected chi connectivity index (χ4v) is 3.29. The first-order valence-corrected chi connectivity index (χ1v) is 12.1. The number of amides is 2. The second kappa shape index (κ2) is 20.5. The number of aliphatic carboxylic acids is 1. The Hall–Kier alpha value is -3.05. The molecule has 0 radical (unpaired) electrons. The molecular formula is C22H44N8O4. The molecule has 0 saturated heterocycles. The van der Waals surface area contributed by atoms with Gasteiger partial charge in [-0.15, -0.1) is 0 Å². The van der Waals surface area contributed by atoms with Gasteiger partial charge in [0.1, 0.15) is 6.17 Å². The average Bonchev–Trinajstić information content (AvgIpc) is 2.73. The largest absolute Gasteiger partial charge is 0.481 e. The maximum atomic E-state index is 12.2. The van der Waals surface area contributed by atoms with Gasteiger partial charge in [0.15, 0.2) is 11.9 Å². The van der Waals surface area contributed by atoms with E-state index in [2.05, 4.69) is 20.6 Å². The van der Waals surface area contributed by atoms with Crippen LogP contribution in [0.25, 0.3) is 0 Å². The molecule has 0 aromatic heterocycles. The Labute approximate surface area is 202 Å². The molecule has 196 valence electrons. The highest BCUT2D eigenvalue weighted by Crippen LogP contribution is 2.08. The molecule has 0 rings (SSSR count). The summed E-state index contributed by atoms with van der Waals surface area (Å²) in [7, 11) is 0. The van der Waals surface area contributed by atoms with E-state index in [1.165, 1.54) is 0 Å². The van der Waals surface area contributed by atoms with Gasteiger partial charge in [-0.3, -0.25) is 24.4 Å². The summed E-state index contributed by atoms with van der Waals surface area (Å²) in [6.07, 6.45) is 9.26. The number of rotatable bonds is 21. The number of hydrogen-bond donors (Lipinski definition) is 7. The molecule has 12 nitrogen and oxygen atoms in total. The topological polar surface area (TPSA) is 224 Å². The Balaban J connectivity index is 3.99. The van der Waals surface area contributed by atoms with Crippen molar-refractivity contribution in [1.29, 1.82) is 0 Å². The van der Waals surface area contributed by atoms with Gasteiger partial charge >= 0.3 is 5.97 Å². The first-order valence-electron chi connectivity index (χ1n) is 12.1. The smallest absolute Gasteiger partial charge is 0.307 e. The third kappa shape index (κ3) is 22.2. The molecule has 12 heteroatoms. The molecule has 0 fully saturated rings. The third-order valence-corrected chi connectivity index (χ3v) is 5.01. The Bertz CT molecular complexity index is 647. The number of nitrogens with two attached hydrogens (primary N) is 4. The van der Waals surface area contributed by atoms with Gasteiger partial charge in [0.2, 0.25) is 11.8 Å². The molecule has 2 amide bonds. The number of nitrogens with one attached hydrogen (secondary N) is 2. The fraction of sp³-hybridized carbons (Fsp3) is 0.773. The summed E-state index contributed by atoms with van der Waals surface area (Å²) in [6, 6.07) is 0. The van der Waals surface area contributed by atoms with Crippen molar-refractivity contribution in [2.24, 2.45) is 32.9 Å². The zero-order valence-electron chi connectivity index (χ0n) is 20.3. The van der Waals surface area contributed by atoms with Crippen molar-refractivity contribution < 1.29 is 19.5 Å². The molecule has 0 aliphatic carbocycles. The first kappa shape index (κ1) is 30.9. The van der Waals surface area contributed by atoms with E-state index in [9.17, 15) is 14.4 Å². The molecule has 0 aromatic rings. The van der Waals surface area contributed by atoms with Crippen LogP contribution in [-0.2, 0) is 14.4 Å². The van der Waals surface area contributed by atoms with E-state index in [-0.39, 0.29) is 36.6 Å². The summed E-state index contributed by atoms with van der Waals surface area (Å²) < 4.78 is 0. The maximum Gasteiger partial charge on any atom is 0.307 e. The lowest BCUT2D eigenvalue weighted by Crippen LogP contribution is -2.49. The van der Waals surface area contributed by atoms with Crippen molar-refractivity contribution in [1.82, 2.24) is 10.6 Å². The predicted molar refractivity (Wildman–Crippen MR) is 134 cm³/mol. The second-order valence-electron chi connectivity index (χ2n) is 8.29. The number of carboxylic acids is 1. The van der Waals surface area contributed by atoms with Crippen molar-refractivity contribution in [3.63, 3.8) is 0 Å². The van der Waals surface area contributed by atoms with Gasteiger partial charge in [0.05, 0.1) is 6.42 Å². The number of unbranched alkanes of at least 4 members (excludes halogenated alkanes) is 9. The lowest BCUT2D eigenvalue weighted by atomic mass is 10.1. The SMILES string of the molecule is NC(N)=NCCCCCCCCC(=O)N[C@@H](CC(=O)O)NC(=O)CCCCCCCN=C(N)N. The maximum absolute atomic E-state index is 12.2. The van der Waals surface area contributed by atoms with Gasteiger partial charge < -0.3 is 38.7 Å². The number of hydrogen-bond acceptors (Lipinski definition) is 5. The Morgan fingerprint density at radius 2 is 0.971 bits per heavy atom. The monoisotopic (exact) mass is 484 g/mol. The summed E-state index contributed by atoms with van der Waals surface area (Å²) in [5.41, 5.74) is 21.1. The number of nitrogens with zero attached hydrogens (tertiary/aromatic N) is 2. The van der Waals surface area contributed by atoms with E-state index in [0.717, 1.165) is 57.8 Å². The van der Waals surface area contributed by atoms with E-state index in [4.69, 9.17) is 28.0 Å². The molecule has 0 aliphatic heterocycles. The van der Waals surface area contributed by atoms with Crippen molar-refractivity contribution in [3.05, 3.63) is 0 Å². The van der Waals surface area contributed by atoms with E-state index in [1.54, 1.807) is 0 Å². The van der Waals surface area contributed by atoms with Crippen LogP contribution in [0.3, 0.4) is 0 Å². The number of guanidine groups is 2. The molecule has 0 bridgehead atoms. The number of carbonyl (C=O) groups excluding carboxylic acids is 2. The van der Waals surface area contributed by atoms with E-state index in [0.29, 0.717) is 32.4 Å². The van der Waals surface area contributed by atoms with Crippen LogP contribution >= 0.6 is 0 Å². The Kier molecular flexibility index (Phi) is 18.7. The van der Waals surface area contributed by atoms with Crippen molar-refractivity contribution in [2.45, 2.75) is 96.1 Å². The van der Waals surface area contributed by atoms with Crippen LogP contribution in [-0.4, -0.2) is 54.1 Å². The van der Waals surface area contributed by atoms with Gasteiger partial charge in [-0.2, -0.15) is 0 Å². The standard InChI is InChI=1S/C22H44N8O4/c23-21(24)27-14-10-6-2-1-4-8-12-18(31)29-17(16-20(33)34)30-19(32)13-9-5-3-7-11-15-28-22(25)26/h17H,1-16H2,(H,29,31)(H,30,32)(H,33,34)(H4,23,24,27)(H4,25,26,28)/t17-/m1/s1. The summed E-state index contributed by atoms with van der Waals surface area (Å²) in [5, 5.41) is 14.3. The Morgan fingerprint density at radius 1 is 0.618 bits per heavy atom. The van der Waals surface area contributed by atoms with Crippen LogP contribution in [0.5, 0.6) is 0 Å². The highest BCUT2D eigenvalue weighted by molar-refractivity contribution is 5.80. The summed E-state index contributed by atoms with van der Waals surface area (Å²) in [4.78, 5) is 43.2. The molecule has 0 heterocycles. The van der Waals surface area contributed by atoms with Crippen LogP contribution in [0.1, 0.15) is 89.9 Å². The summed E-state index contributed by atoms with van der Waals surface area (Å²) >= 11 is 0. The van der Waals surface area contributed by atoms with Crippen LogP contribution in [0, 0.1) is 0 Å². The molecule has 11 N–H and O–H groups in total. The molecule has 0 aromatic carbocycles. The van der Waals surface area contributed by atoms with E-state index in [1.807, 2.05) is 0 Å². The lowest BCUT2D eigenvalue weighted by molar-refractivity contribution is -0.138. The number of carboxylic acid groups (broad SMARTS) is 1. The molecular weight excluding hydrogens is 440 g/mol. The zero-order chi connectivity index (χ0) is 25.6. The minimum atomic E-state index is -1.09. The van der Waals surface area contributed by atoms with Crippen molar-refractivity contribution >= 4 is 29.7 Å².